The van der Waals surface area contributed by atoms with E-state index >= 15 is 0 Å². The van der Waals surface area contributed by atoms with Crippen molar-refractivity contribution in [2.24, 2.45) is 0 Å². The van der Waals surface area contributed by atoms with Crippen LogP contribution in [0.25, 0.3) is 0 Å². The quantitative estimate of drug-likeness (QED) is 0.860. The fourth-order valence-electron chi connectivity index (χ4n) is 2.39. The Morgan fingerprint density at radius 1 is 1.53 bits per heavy atom. The van der Waals surface area contributed by atoms with Crippen LogP contribution in [0.15, 0.2) is 24.5 Å². The zero-order valence-corrected chi connectivity index (χ0v) is 10.9. The van der Waals surface area contributed by atoms with Crippen LogP contribution in [0.3, 0.4) is 0 Å². The minimum Gasteiger partial charge on any atom is -0.378 e. The molecule has 19 heavy (non-hydrogen) atoms. The van der Waals surface area contributed by atoms with Gasteiger partial charge in [0, 0.05) is 31.5 Å². The maximum Gasteiger partial charge on any atom is 0.242 e. The number of pyridine rings is 1. The van der Waals surface area contributed by atoms with Crippen LogP contribution in [-0.4, -0.2) is 47.6 Å². The van der Waals surface area contributed by atoms with Gasteiger partial charge in [0.2, 0.25) is 5.91 Å². The Balaban J connectivity index is 1.68. The minimum absolute atomic E-state index is 0.158. The lowest BCUT2D eigenvalue weighted by Gasteiger charge is -2.30. The van der Waals surface area contributed by atoms with Crippen molar-refractivity contribution in [1.29, 1.82) is 0 Å². The number of amides is 1. The number of hydrogen-bond donors (Lipinski definition) is 1. The highest BCUT2D eigenvalue weighted by Crippen LogP contribution is 2.29. The Morgan fingerprint density at radius 3 is 3.05 bits per heavy atom. The fourth-order valence-corrected chi connectivity index (χ4v) is 2.39. The van der Waals surface area contributed by atoms with Gasteiger partial charge >= 0.3 is 0 Å². The molecular formula is C14H19N3O2. The highest BCUT2D eigenvalue weighted by Gasteiger charge is 2.36. The molecule has 2 heterocycles. The van der Waals surface area contributed by atoms with Crippen molar-refractivity contribution in [3.63, 3.8) is 0 Å². The number of hydrogen-bond acceptors (Lipinski definition) is 4. The third-order valence-electron chi connectivity index (χ3n) is 3.57. The van der Waals surface area contributed by atoms with Gasteiger partial charge in [-0.2, -0.15) is 0 Å². The van der Waals surface area contributed by atoms with Gasteiger partial charge in [0.1, 0.15) is 6.04 Å². The Bertz CT molecular complexity index is 428. The molecule has 3 rings (SSSR count). The zero-order valence-electron chi connectivity index (χ0n) is 10.9. The molecule has 1 saturated carbocycles. The standard InChI is InChI=1S/C14H19N3O2/c18-14(13-10-19-7-6-16-13)17(12-3-4-12)9-11-2-1-5-15-8-11/h1-2,5,8,12-13,16H,3-4,6-7,9-10H2. The molecule has 1 saturated heterocycles. The first-order valence-electron chi connectivity index (χ1n) is 6.85. The molecule has 0 bridgehead atoms. The van der Waals surface area contributed by atoms with Gasteiger partial charge in [-0.05, 0) is 24.5 Å². The molecule has 1 N–H and O–H groups in total. The topological polar surface area (TPSA) is 54.5 Å². The van der Waals surface area contributed by atoms with Gasteiger partial charge in [-0.3, -0.25) is 9.78 Å². The molecule has 0 spiro atoms. The summed E-state index contributed by atoms with van der Waals surface area (Å²) < 4.78 is 5.38. The van der Waals surface area contributed by atoms with Crippen molar-refractivity contribution in [2.75, 3.05) is 19.8 Å². The van der Waals surface area contributed by atoms with E-state index in [0.29, 0.717) is 25.8 Å². The van der Waals surface area contributed by atoms with Crippen molar-refractivity contribution < 1.29 is 9.53 Å². The first kappa shape index (κ1) is 12.6. The summed E-state index contributed by atoms with van der Waals surface area (Å²) in [4.78, 5) is 18.6. The van der Waals surface area contributed by atoms with Crippen LogP contribution in [0.1, 0.15) is 18.4 Å². The highest BCUT2D eigenvalue weighted by atomic mass is 16.5. The van der Waals surface area contributed by atoms with Crippen LogP contribution in [-0.2, 0) is 16.1 Å². The summed E-state index contributed by atoms with van der Waals surface area (Å²) in [6.07, 6.45) is 5.80. The van der Waals surface area contributed by atoms with Crippen LogP contribution in [0, 0.1) is 0 Å². The summed E-state index contributed by atoms with van der Waals surface area (Å²) >= 11 is 0. The molecule has 1 amide bonds. The summed E-state index contributed by atoms with van der Waals surface area (Å²) in [6.45, 7) is 2.57. The normalized spacial score (nSPS) is 23.1. The smallest absolute Gasteiger partial charge is 0.242 e. The first-order chi connectivity index (χ1) is 9.34. The van der Waals surface area contributed by atoms with Gasteiger partial charge in [0.05, 0.1) is 13.2 Å². The monoisotopic (exact) mass is 261 g/mol. The van der Waals surface area contributed by atoms with Crippen molar-refractivity contribution >= 4 is 5.91 Å². The van der Waals surface area contributed by atoms with Crippen LogP contribution in [0.5, 0.6) is 0 Å². The number of aromatic nitrogens is 1. The number of nitrogens with zero attached hydrogens (tertiary/aromatic N) is 2. The third-order valence-corrected chi connectivity index (χ3v) is 3.57. The molecule has 5 heteroatoms. The predicted molar refractivity (Wildman–Crippen MR) is 70.4 cm³/mol. The maximum atomic E-state index is 12.5. The van der Waals surface area contributed by atoms with Crippen molar-refractivity contribution in [1.82, 2.24) is 15.2 Å². The molecule has 1 aliphatic carbocycles. The predicted octanol–water partition coefficient (Wildman–Crippen LogP) is 0.561. The number of rotatable bonds is 4. The van der Waals surface area contributed by atoms with Crippen molar-refractivity contribution in [3.8, 4) is 0 Å². The molecule has 2 fully saturated rings. The molecule has 1 unspecified atom stereocenters. The molecule has 0 aromatic carbocycles. The first-order valence-corrected chi connectivity index (χ1v) is 6.85. The SMILES string of the molecule is O=C(C1COCCN1)N(Cc1cccnc1)C1CC1. The molecule has 102 valence electrons. The largest absolute Gasteiger partial charge is 0.378 e. The van der Waals surface area contributed by atoms with E-state index in [1.54, 1.807) is 6.20 Å². The van der Waals surface area contributed by atoms with E-state index in [1.807, 2.05) is 23.2 Å². The number of nitrogens with one attached hydrogen (secondary N) is 1. The van der Waals surface area contributed by atoms with Gasteiger partial charge < -0.3 is 15.0 Å². The fraction of sp³-hybridized carbons (Fsp3) is 0.571. The van der Waals surface area contributed by atoms with E-state index in [9.17, 15) is 4.79 Å². The van der Waals surface area contributed by atoms with E-state index in [0.717, 1.165) is 24.9 Å². The lowest BCUT2D eigenvalue weighted by Crippen LogP contribution is -2.52. The number of ether oxygens (including phenoxy) is 1. The molecule has 1 aromatic heterocycles. The lowest BCUT2D eigenvalue weighted by atomic mass is 10.2. The molecule has 2 aliphatic rings. The molecule has 1 atom stereocenters. The van der Waals surface area contributed by atoms with Crippen LogP contribution >= 0.6 is 0 Å². The lowest BCUT2D eigenvalue weighted by molar-refractivity contribution is -0.137. The molecule has 1 aliphatic heterocycles. The van der Waals surface area contributed by atoms with Gasteiger partial charge in [0.25, 0.3) is 0 Å². The maximum absolute atomic E-state index is 12.5. The number of morpholine rings is 1. The Morgan fingerprint density at radius 2 is 2.42 bits per heavy atom. The van der Waals surface area contributed by atoms with Gasteiger partial charge in [-0.1, -0.05) is 6.07 Å². The van der Waals surface area contributed by atoms with Crippen molar-refractivity contribution in [2.45, 2.75) is 31.5 Å². The third kappa shape index (κ3) is 3.11. The molecule has 5 nitrogen and oxygen atoms in total. The molecule has 0 radical (unpaired) electrons. The Hall–Kier alpha value is -1.46. The van der Waals surface area contributed by atoms with Crippen LogP contribution in [0.4, 0.5) is 0 Å². The average Bonchev–Trinajstić information content (AvgIpc) is 3.31. The van der Waals surface area contributed by atoms with Crippen LogP contribution < -0.4 is 5.32 Å². The second-order valence-corrected chi connectivity index (χ2v) is 5.14. The zero-order chi connectivity index (χ0) is 13.1. The van der Waals surface area contributed by atoms with E-state index < -0.39 is 0 Å². The second kappa shape index (κ2) is 5.67. The average molecular weight is 261 g/mol. The summed E-state index contributed by atoms with van der Waals surface area (Å²) in [5.74, 6) is 0.158. The molecule has 1 aromatic rings. The highest BCUT2D eigenvalue weighted by molar-refractivity contribution is 5.82. The number of carbonyl (C=O) groups is 1. The summed E-state index contributed by atoms with van der Waals surface area (Å²) in [5.41, 5.74) is 1.08. The Kier molecular flexibility index (Phi) is 3.75. The number of carbonyl (C=O) groups excluding carboxylic acids is 1. The van der Waals surface area contributed by atoms with E-state index in [4.69, 9.17) is 4.74 Å². The van der Waals surface area contributed by atoms with Gasteiger partial charge in [-0.25, -0.2) is 0 Å². The summed E-state index contributed by atoms with van der Waals surface area (Å²) in [5, 5.41) is 3.24. The van der Waals surface area contributed by atoms with E-state index in [-0.39, 0.29) is 11.9 Å². The minimum atomic E-state index is -0.189. The van der Waals surface area contributed by atoms with Crippen molar-refractivity contribution in [3.05, 3.63) is 30.1 Å². The second-order valence-electron chi connectivity index (χ2n) is 5.14. The molecular weight excluding hydrogens is 242 g/mol. The van der Waals surface area contributed by atoms with E-state index in [2.05, 4.69) is 10.3 Å². The van der Waals surface area contributed by atoms with Gasteiger partial charge in [-0.15, -0.1) is 0 Å². The van der Waals surface area contributed by atoms with Gasteiger partial charge in [0.15, 0.2) is 0 Å². The summed E-state index contributed by atoms with van der Waals surface area (Å²) in [6, 6.07) is 4.13. The van der Waals surface area contributed by atoms with Crippen LogP contribution in [0.2, 0.25) is 0 Å². The Labute approximate surface area is 113 Å². The van der Waals surface area contributed by atoms with E-state index in [1.165, 1.54) is 0 Å². The summed E-state index contributed by atoms with van der Waals surface area (Å²) in [7, 11) is 0.